The molecule has 0 fully saturated rings. The summed E-state index contributed by atoms with van der Waals surface area (Å²) in [5.74, 6) is -3.19. The van der Waals surface area contributed by atoms with Crippen LogP contribution in [0.25, 0.3) is 0 Å². The molecule has 5 nitrogen and oxygen atoms in total. The van der Waals surface area contributed by atoms with E-state index in [1.54, 1.807) is 0 Å². The Balaban J connectivity index is 2.38. The van der Waals surface area contributed by atoms with Crippen molar-refractivity contribution < 1.29 is 18.4 Å². The van der Waals surface area contributed by atoms with E-state index in [1.165, 1.54) is 18.3 Å². The largest absolute Gasteiger partial charge is 0.336 e. The van der Waals surface area contributed by atoms with Gasteiger partial charge in [-0.3, -0.25) is 9.63 Å². The zero-order chi connectivity index (χ0) is 17.7. The van der Waals surface area contributed by atoms with Crippen LogP contribution in [0.15, 0.2) is 37.1 Å². The predicted octanol–water partition coefficient (Wildman–Crippen LogP) is 4.26. The number of amides is 1. The van der Waals surface area contributed by atoms with Crippen LogP contribution in [0.5, 0.6) is 0 Å². The van der Waals surface area contributed by atoms with Gasteiger partial charge in [-0.25, -0.2) is 19.2 Å². The minimum atomic E-state index is -1.26. The first kappa shape index (κ1) is 18.1. The van der Waals surface area contributed by atoms with Crippen LogP contribution in [0.2, 0.25) is 10.0 Å². The molecule has 0 aliphatic rings. The number of nitrogens with one attached hydrogen (secondary N) is 2. The van der Waals surface area contributed by atoms with Gasteiger partial charge < -0.3 is 5.32 Å². The summed E-state index contributed by atoms with van der Waals surface area (Å²) < 4.78 is 27.7. The van der Waals surface area contributed by atoms with Crippen molar-refractivity contribution in [3.63, 3.8) is 0 Å². The molecule has 1 heterocycles. The van der Waals surface area contributed by atoms with Crippen molar-refractivity contribution in [1.29, 1.82) is 0 Å². The number of aromatic nitrogens is 1. The Labute approximate surface area is 146 Å². The van der Waals surface area contributed by atoms with Crippen molar-refractivity contribution in [3.05, 3.63) is 64.3 Å². The minimum Gasteiger partial charge on any atom is -0.336 e. The first-order valence-corrected chi connectivity index (χ1v) is 7.28. The monoisotopic (exact) mass is 373 g/mol. The SMILES string of the molecule is C=CCONC(=O)c1ccc(F)c(F)c1Nc1ncc(Cl)cc1Cl. The molecule has 0 spiro atoms. The lowest BCUT2D eigenvalue weighted by molar-refractivity contribution is 0.0422. The molecule has 0 radical (unpaired) electrons. The van der Waals surface area contributed by atoms with Gasteiger partial charge in [0.15, 0.2) is 11.6 Å². The number of carbonyl (C=O) groups is 1. The highest BCUT2D eigenvalue weighted by Gasteiger charge is 2.20. The summed E-state index contributed by atoms with van der Waals surface area (Å²) in [5.41, 5.74) is 1.44. The van der Waals surface area contributed by atoms with Gasteiger partial charge in [0.1, 0.15) is 5.82 Å². The highest BCUT2D eigenvalue weighted by molar-refractivity contribution is 6.36. The van der Waals surface area contributed by atoms with Crippen molar-refractivity contribution in [1.82, 2.24) is 10.5 Å². The zero-order valence-electron chi connectivity index (χ0n) is 12.1. The first-order valence-electron chi connectivity index (χ1n) is 6.53. The third kappa shape index (κ3) is 4.19. The van der Waals surface area contributed by atoms with E-state index in [0.29, 0.717) is 0 Å². The van der Waals surface area contributed by atoms with Crippen LogP contribution in [0.3, 0.4) is 0 Å². The molecule has 9 heteroatoms. The molecule has 2 N–H and O–H groups in total. The van der Waals surface area contributed by atoms with Crippen LogP contribution in [-0.2, 0) is 4.84 Å². The Bertz CT molecular complexity index is 788. The van der Waals surface area contributed by atoms with E-state index < -0.39 is 23.2 Å². The second kappa shape index (κ2) is 8.05. The fourth-order valence-electron chi connectivity index (χ4n) is 1.71. The maximum Gasteiger partial charge on any atom is 0.277 e. The molecule has 0 saturated heterocycles. The Hall–Kier alpha value is -2.22. The Morgan fingerprint density at radius 1 is 1.38 bits per heavy atom. The highest BCUT2D eigenvalue weighted by Crippen LogP contribution is 2.30. The number of carbonyl (C=O) groups excluding carboxylic acids is 1. The maximum atomic E-state index is 14.1. The summed E-state index contributed by atoms with van der Waals surface area (Å²) in [6.07, 6.45) is 2.67. The summed E-state index contributed by atoms with van der Waals surface area (Å²) in [6.45, 7) is 3.46. The van der Waals surface area contributed by atoms with E-state index in [1.807, 2.05) is 0 Å². The summed E-state index contributed by atoms with van der Waals surface area (Å²) in [6, 6.07) is 3.28. The quantitative estimate of drug-likeness (QED) is 0.451. The van der Waals surface area contributed by atoms with Gasteiger partial charge >= 0.3 is 0 Å². The second-order valence-corrected chi connectivity index (χ2v) is 5.27. The molecular weight excluding hydrogens is 363 g/mol. The van der Waals surface area contributed by atoms with E-state index >= 15 is 0 Å². The van der Waals surface area contributed by atoms with Crippen LogP contribution in [-0.4, -0.2) is 17.5 Å². The number of benzene rings is 1. The maximum absolute atomic E-state index is 14.1. The topological polar surface area (TPSA) is 63.2 Å². The molecule has 0 aliphatic carbocycles. The van der Waals surface area contributed by atoms with Gasteiger partial charge in [0.2, 0.25) is 0 Å². The van der Waals surface area contributed by atoms with Gasteiger partial charge in [-0.15, -0.1) is 6.58 Å². The summed E-state index contributed by atoms with van der Waals surface area (Å²) in [5, 5.41) is 2.83. The van der Waals surface area contributed by atoms with E-state index in [2.05, 4.69) is 22.4 Å². The standard InChI is InChI=1S/C15H11Cl2F2N3O2/c1-2-5-24-22-15(23)9-3-4-11(18)12(19)13(9)21-14-10(17)6-8(16)7-20-14/h2-4,6-7H,1,5H2,(H,20,21)(H,22,23). The summed E-state index contributed by atoms with van der Waals surface area (Å²) >= 11 is 11.7. The molecule has 0 unspecified atom stereocenters. The number of halogens is 4. The van der Waals surface area contributed by atoms with Crippen molar-refractivity contribution in [2.24, 2.45) is 0 Å². The fraction of sp³-hybridized carbons (Fsp3) is 0.0667. The highest BCUT2D eigenvalue weighted by atomic mass is 35.5. The Kier molecular flexibility index (Phi) is 6.08. The van der Waals surface area contributed by atoms with Gasteiger partial charge in [-0.2, -0.15) is 0 Å². The second-order valence-electron chi connectivity index (χ2n) is 4.42. The normalized spacial score (nSPS) is 10.3. The predicted molar refractivity (Wildman–Crippen MR) is 87.5 cm³/mol. The third-order valence-corrected chi connectivity index (χ3v) is 3.25. The van der Waals surface area contributed by atoms with Gasteiger partial charge in [0, 0.05) is 6.20 Å². The molecule has 2 aromatic rings. The molecule has 2 rings (SSSR count). The van der Waals surface area contributed by atoms with Crippen LogP contribution < -0.4 is 10.8 Å². The van der Waals surface area contributed by atoms with Crippen molar-refractivity contribution in [2.75, 3.05) is 11.9 Å². The Morgan fingerprint density at radius 2 is 2.12 bits per heavy atom. The summed E-state index contributed by atoms with van der Waals surface area (Å²) in [7, 11) is 0. The Morgan fingerprint density at radius 3 is 2.79 bits per heavy atom. The van der Waals surface area contributed by atoms with Crippen molar-refractivity contribution in [3.8, 4) is 0 Å². The van der Waals surface area contributed by atoms with Crippen molar-refractivity contribution >= 4 is 40.6 Å². The number of rotatable bonds is 6. The number of nitrogens with zero attached hydrogens (tertiary/aromatic N) is 1. The number of hydroxylamine groups is 1. The van der Waals surface area contributed by atoms with Crippen LogP contribution in [0, 0.1) is 11.6 Å². The summed E-state index contributed by atoms with van der Waals surface area (Å²) in [4.78, 5) is 20.7. The van der Waals surface area contributed by atoms with Gasteiger partial charge in [0.05, 0.1) is 27.9 Å². The minimum absolute atomic E-state index is 0.00614. The molecule has 1 amide bonds. The molecular formula is C15H11Cl2F2N3O2. The molecule has 1 aromatic heterocycles. The van der Waals surface area contributed by atoms with Crippen LogP contribution >= 0.6 is 23.2 Å². The molecule has 1 aromatic carbocycles. The average molecular weight is 374 g/mol. The van der Waals surface area contributed by atoms with Gasteiger partial charge in [0.25, 0.3) is 5.91 Å². The number of hydrogen-bond acceptors (Lipinski definition) is 4. The number of pyridine rings is 1. The molecule has 126 valence electrons. The molecule has 0 aliphatic heterocycles. The number of hydrogen-bond donors (Lipinski definition) is 2. The lowest BCUT2D eigenvalue weighted by Gasteiger charge is -2.14. The number of anilines is 2. The molecule has 0 bridgehead atoms. The van der Waals surface area contributed by atoms with Crippen LogP contribution in [0.1, 0.15) is 10.4 Å². The average Bonchev–Trinajstić information content (AvgIpc) is 2.54. The first-order chi connectivity index (χ1) is 11.4. The zero-order valence-corrected chi connectivity index (χ0v) is 13.6. The molecule has 0 saturated carbocycles. The van der Waals surface area contributed by atoms with E-state index in [0.717, 1.165) is 12.1 Å². The molecule has 24 heavy (non-hydrogen) atoms. The van der Waals surface area contributed by atoms with Crippen LogP contribution in [0.4, 0.5) is 20.3 Å². The van der Waals surface area contributed by atoms with Gasteiger partial charge in [-0.1, -0.05) is 29.3 Å². The van der Waals surface area contributed by atoms with E-state index in [4.69, 9.17) is 28.0 Å². The van der Waals surface area contributed by atoms with E-state index in [9.17, 15) is 13.6 Å². The fourth-order valence-corrected chi connectivity index (χ4v) is 2.14. The van der Waals surface area contributed by atoms with E-state index in [-0.39, 0.29) is 28.0 Å². The van der Waals surface area contributed by atoms with Crippen molar-refractivity contribution in [2.45, 2.75) is 0 Å². The third-order valence-electron chi connectivity index (χ3n) is 2.76. The molecule has 0 atom stereocenters. The lowest BCUT2D eigenvalue weighted by Crippen LogP contribution is -2.25. The lowest BCUT2D eigenvalue weighted by atomic mass is 10.1. The smallest absolute Gasteiger partial charge is 0.277 e. The van der Waals surface area contributed by atoms with Gasteiger partial charge in [-0.05, 0) is 18.2 Å².